The van der Waals surface area contributed by atoms with Gasteiger partial charge in [-0.25, -0.2) is 4.57 Å². The van der Waals surface area contributed by atoms with E-state index in [2.05, 4.69) is 43.8 Å². The van der Waals surface area contributed by atoms with Crippen LogP contribution in [0.3, 0.4) is 0 Å². The van der Waals surface area contributed by atoms with Crippen molar-refractivity contribution in [3.05, 3.63) is 29.6 Å². The molecule has 0 amide bonds. The predicted octanol–water partition coefficient (Wildman–Crippen LogP) is 12.7. The van der Waals surface area contributed by atoms with Crippen LogP contribution in [-0.4, -0.2) is 0 Å². The molecule has 1 aromatic rings. The smallest absolute Gasteiger partial charge is 0.172 e. The Balaban J connectivity index is 2.30. The number of rotatable bonds is 30. The average molecular weight is 543 g/mol. The Bertz CT molecular complexity index is 621. The number of unbranched alkanes of at least 4 members (excludes halogenated alkanes) is 24. The molecule has 0 atom stereocenters. The van der Waals surface area contributed by atoms with Crippen molar-refractivity contribution in [1.82, 2.24) is 0 Å². The molecule has 0 unspecified atom stereocenters. The summed E-state index contributed by atoms with van der Waals surface area (Å²) in [5, 5.41) is 0. The Kier molecular flexibility index (Phi) is 26.6. The van der Waals surface area contributed by atoms with Gasteiger partial charge in [0.25, 0.3) is 0 Å². The van der Waals surface area contributed by atoms with E-state index in [4.69, 9.17) is 0 Å². The summed E-state index contributed by atoms with van der Waals surface area (Å²) in [6, 6.07) is 2.48. The van der Waals surface area contributed by atoms with Crippen LogP contribution in [-0.2, 0) is 19.4 Å². The van der Waals surface area contributed by atoms with Crippen molar-refractivity contribution in [1.29, 1.82) is 0 Å². The summed E-state index contributed by atoms with van der Waals surface area (Å²) in [5.41, 5.74) is 3.31. The molecule has 0 radical (unpaired) electrons. The number of nitrogens with zero attached hydrogens (tertiary/aromatic N) is 1. The van der Waals surface area contributed by atoms with Gasteiger partial charge in [-0.3, -0.25) is 0 Å². The fraction of sp³-hybridized carbons (Fsp3) is 0.868. The van der Waals surface area contributed by atoms with Crippen molar-refractivity contribution in [2.45, 2.75) is 214 Å². The van der Waals surface area contributed by atoms with Crippen LogP contribution >= 0.6 is 0 Å². The summed E-state index contributed by atoms with van der Waals surface area (Å²) >= 11 is 0. The van der Waals surface area contributed by atoms with Crippen LogP contribution in [0.15, 0.2) is 18.5 Å². The zero-order chi connectivity index (χ0) is 28.1. The predicted molar refractivity (Wildman–Crippen MR) is 176 cm³/mol. The van der Waals surface area contributed by atoms with E-state index in [1.165, 1.54) is 193 Å². The Morgan fingerprint density at radius 3 is 1.13 bits per heavy atom. The Labute approximate surface area is 247 Å². The molecule has 0 saturated heterocycles. The van der Waals surface area contributed by atoms with Gasteiger partial charge in [0.15, 0.2) is 12.4 Å². The first-order valence-corrected chi connectivity index (χ1v) is 18.3. The molecule has 0 spiro atoms. The molecule has 0 saturated carbocycles. The molecule has 0 aliphatic carbocycles. The van der Waals surface area contributed by atoms with E-state index in [-0.39, 0.29) is 0 Å². The Morgan fingerprint density at radius 1 is 0.385 bits per heavy atom. The van der Waals surface area contributed by atoms with Crippen molar-refractivity contribution < 1.29 is 4.57 Å². The quantitative estimate of drug-likeness (QED) is 0.0672. The van der Waals surface area contributed by atoms with Gasteiger partial charge in [-0.15, -0.1) is 0 Å². The number of pyridine rings is 1. The van der Waals surface area contributed by atoms with Gasteiger partial charge >= 0.3 is 0 Å². The van der Waals surface area contributed by atoms with Crippen LogP contribution < -0.4 is 4.57 Å². The molecule has 0 N–H and O–H groups in total. The molecule has 1 aromatic heterocycles. The van der Waals surface area contributed by atoms with Gasteiger partial charge in [0.2, 0.25) is 0 Å². The van der Waals surface area contributed by atoms with Gasteiger partial charge in [0.1, 0.15) is 6.54 Å². The van der Waals surface area contributed by atoms with E-state index in [0.29, 0.717) is 0 Å². The summed E-state index contributed by atoms with van der Waals surface area (Å²) in [5.74, 6) is 0. The molecule has 0 aliphatic rings. The van der Waals surface area contributed by atoms with Gasteiger partial charge in [-0.2, -0.15) is 0 Å². The largest absolute Gasteiger partial charge is 0.205 e. The summed E-state index contributed by atoms with van der Waals surface area (Å²) in [7, 11) is 0. The minimum absolute atomic E-state index is 1.21. The molecule has 0 aliphatic heterocycles. The van der Waals surface area contributed by atoms with Gasteiger partial charge in [0.05, 0.1) is 0 Å². The van der Waals surface area contributed by atoms with Gasteiger partial charge in [-0.05, 0) is 37.7 Å². The van der Waals surface area contributed by atoms with Gasteiger partial charge in [0, 0.05) is 18.1 Å². The minimum atomic E-state index is 1.21. The van der Waals surface area contributed by atoms with Crippen LogP contribution in [0.4, 0.5) is 0 Å². The van der Waals surface area contributed by atoms with E-state index in [1.54, 1.807) is 11.1 Å². The molecular formula is C38H72N+. The summed E-state index contributed by atoms with van der Waals surface area (Å²) < 4.78 is 2.52. The lowest BCUT2D eigenvalue weighted by atomic mass is 9.97. The number of hydrogen-bond donors (Lipinski definition) is 0. The van der Waals surface area contributed by atoms with Gasteiger partial charge < -0.3 is 0 Å². The maximum Gasteiger partial charge on any atom is 0.172 e. The first-order valence-electron chi connectivity index (χ1n) is 18.3. The maximum absolute atomic E-state index is 2.54. The third-order valence-electron chi connectivity index (χ3n) is 8.82. The molecule has 0 aromatic carbocycles. The molecule has 1 rings (SSSR count). The lowest BCUT2D eigenvalue weighted by Gasteiger charge is -2.10. The zero-order valence-electron chi connectivity index (χ0n) is 27.4. The minimum Gasteiger partial charge on any atom is -0.205 e. The SMILES string of the molecule is CCCCCCCCCCCCCCC[n+]1ccc(CCCCCCCCC)c(CCCCCCCCC)c1. The normalized spacial score (nSPS) is 11.5. The van der Waals surface area contributed by atoms with Crippen molar-refractivity contribution in [2.24, 2.45) is 0 Å². The van der Waals surface area contributed by atoms with E-state index in [1.807, 2.05) is 0 Å². The standard InChI is InChI=1S/C38H72N/c1-4-7-10-13-16-17-18-19-20-21-24-27-30-34-39-35-33-37(31-28-25-22-14-11-8-5-2)38(36-39)32-29-26-23-15-12-9-6-3/h33,35-36H,4-32,34H2,1-3H3/q+1. The lowest BCUT2D eigenvalue weighted by Crippen LogP contribution is -2.34. The van der Waals surface area contributed by atoms with Crippen LogP contribution in [0, 0.1) is 0 Å². The van der Waals surface area contributed by atoms with Crippen LogP contribution in [0.2, 0.25) is 0 Å². The third kappa shape index (κ3) is 22.5. The lowest BCUT2D eigenvalue weighted by molar-refractivity contribution is -0.697. The fourth-order valence-corrected chi connectivity index (χ4v) is 6.08. The molecule has 0 bridgehead atoms. The highest BCUT2D eigenvalue weighted by molar-refractivity contribution is 5.21. The first-order chi connectivity index (χ1) is 19.3. The highest BCUT2D eigenvalue weighted by Gasteiger charge is 2.10. The Hall–Kier alpha value is -0.850. The summed E-state index contributed by atoms with van der Waals surface area (Å²) in [6.45, 7) is 8.14. The molecule has 1 nitrogen and oxygen atoms in total. The van der Waals surface area contributed by atoms with Crippen molar-refractivity contribution in [2.75, 3.05) is 0 Å². The Morgan fingerprint density at radius 2 is 0.718 bits per heavy atom. The first kappa shape index (κ1) is 36.2. The molecule has 1 heteroatoms. The molecule has 1 heterocycles. The molecule has 39 heavy (non-hydrogen) atoms. The van der Waals surface area contributed by atoms with Crippen LogP contribution in [0.25, 0.3) is 0 Å². The number of aryl methyl sites for hydroxylation is 3. The van der Waals surface area contributed by atoms with Crippen molar-refractivity contribution >= 4 is 0 Å². The summed E-state index contributed by atoms with van der Waals surface area (Å²) in [4.78, 5) is 0. The van der Waals surface area contributed by atoms with Crippen molar-refractivity contribution in [3.8, 4) is 0 Å². The van der Waals surface area contributed by atoms with E-state index in [9.17, 15) is 0 Å². The van der Waals surface area contributed by atoms with E-state index >= 15 is 0 Å². The molecule has 0 fully saturated rings. The van der Waals surface area contributed by atoms with Gasteiger partial charge in [-0.1, -0.05) is 168 Å². The monoisotopic (exact) mass is 543 g/mol. The maximum atomic E-state index is 2.54. The van der Waals surface area contributed by atoms with Crippen LogP contribution in [0.1, 0.15) is 205 Å². The molecular weight excluding hydrogens is 470 g/mol. The second kappa shape index (κ2) is 28.7. The fourth-order valence-electron chi connectivity index (χ4n) is 6.08. The molecule has 228 valence electrons. The second-order valence-electron chi connectivity index (χ2n) is 12.7. The van der Waals surface area contributed by atoms with Crippen LogP contribution in [0.5, 0.6) is 0 Å². The number of hydrogen-bond acceptors (Lipinski definition) is 0. The highest BCUT2D eigenvalue weighted by Crippen LogP contribution is 2.17. The highest BCUT2D eigenvalue weighted by atomic mass is 14.9. The average Bonchev–Trinajstić information content (AvgIpc) is 2.95. The third-order valence-corrected chi connectivity index (χ3v) is 8.82. The number of aromatic nitrogens is 1. The topological polar surface area (TPSA) is 3.88 Å². The second-order valence-corrected chi connectivity index (χ2v) is 12.7. The van der Waals surface area contributed by atoms with E-state index in [0.717, 1.165) is 0 Å². The van der Waals surface area contributed by atoms with E-state index < -0.39 is 0 Å². The zero-order valence-corrected chi connectivity index (χ0v) is 27.4. The summed E-state index contributed by atoms with van der Waals surface area (Å²) in [6.07, 6.45) is 45.9. The van der Waals surface area contributed by atoms with Crippen molar-refractivity contribution in [3.63, 3.8) is 0 Å².